The molecule has 1 heterocycles. The second kappa shape index (κ2) is 10.3. The molecule has 78 valence electrons. The highest BCUT2D eigenvalue weighted by molar-refractivity contribution is 5.11. The fourth-order valence-electron chi connectivity index (χ4n) is 0.780. The van der Waals surface area contributed by atoms with Gasteiger partial charge in [0.25, 0.3) is 0 Å². The molecule has 0 N–H and O–H groups in total. The Balaban J connectivity index is 0.000000227. The molecule has 0 aliphatic heterocycles. The summed E-state index contributed by atoms with van der Waals surface area (Å²) in [5.41, 5.74) is 1.32. The Morgan fingerprint density at radius 2 is 1.67 bits per heavy atom. The van der Waals surface area contributed by atoms with E-state index >= 15 is 0 Å². The van der Waals surface area contributed by atoms with Crippen LogP contribution in [0.3, 0.4) is 0 Å². The molecular weight excluding hydrogens is 182 g/mol. The zero-order valence-corrected chi connectivity index (χ0v) is 9.57. The van der Waals surface area contributed by atoms with Gasteiger partial charge in [0, 0.05) is 12.3 Å². The molecule has 2 rings (SSSR count). The SMILES string of the molecule is CC.Cc1ccccc1.c1ccncc#1. The molecular formula is C14H17N. The molecule has 0 aliphatic carbocycles. The van der Waals surface area contributed by atoms with Crippen molar-refractivity contribution in [1.82, 2.24) is 4.98 Å². The summed E-state index contributed by atoms with van der Waals surface area (Å²) < 4.78 is 0. The molecule has 15 heavy (non-hydrogen) atoms. The van der Waals surface area contributed by atoms with Crippen LogP contribution in [0, 0.1) is 19.1 Å². The number of aryl methyl sites for hydroxylation is 1. The molecule has 0 amide bonds. The molecule has 1 aromatic carbocycles. The third kappa shape index (κ3) is 8.52. The Morgan fingerprint density at radius 1 is 1.00 bits per heavy atom. The fourth-order valence-corrected chi connectivity index (χ4v) is 0.780. The van der Waals surface area contributed by atoms with Gasteiger partial charge >= 0.3 is 0 Å². The van der Waals surface area contributed by atoms with Crippen molar-refractivity contribution in [1.29, 1.82) is 0 Å². The lowest BCUT2D eigenvalue weighted by molar-refractivity contribution is 1.34. The van der Waals surface area contributed by atoms with E-state index in [-0.39, 0.29) is 0 Å². The topological polar surface area (TPSA) is 12.9 Å². The molecule has 0 aliphatic rings. The largest absolute Gasteiger partial charge is 0.255 e. The molecule has 0 atom stereocenters. The minimum absolute atomic E-state index is 1.32. The average Bonchev–Trinajstić information content (AvgIpc) is 2.36. The maximum Gasteiger partial charge on any atom is 0.0770 e. The summed E-state index contributed by atoms with van der Waals surface area (Å²) in [5.74, 6) is 0. The fraction of sp³-hybridized carbons (Fsp3) is 0.214. The van der Waals surface area contributed by atoms with Gasteiger partial charge in [-0.2, -0.15) is 0 Å². The summed E-state index contributed by atoms with van der Waals surface area (Å²) in [6.45, 7) is 6.08. The number of nitrogens with zero attached hydrogens (tertiary/aromatic N) is 1. The monoisotopic (exact) mass is 199 g/mol. The van der Waals surface area contributed by atoms with Crippen LogP contribution in [0.4, 0.5) is 0 Å². The van der Waals surface area contributed by atoms with Crippen molar-refractivity contribution in [3.8, 4) is 0 Å². The molecule has 0 bridgehead atoms. The van der Waals surface area contributed by atoms with E-state index in [0.717, 1.165) is 0 Å². The molecule has 0 saturated carbocycles. The number of benzene rings is 1. The molecule has 2 aromatic rings. The van der Waals surface area contributed by atoms with Gasteiger partial charge in [0.2, 0.25) is 0 Å². The lowest BCUT2D eigenvalue weighted by atomic mass is 10.2. The lowest BCUT2D eigenvalue weighted by Gasteiger charge is -1.82. The Labute approximate surface area is 92.8 Å². The number of hydrogen-bond donors (Lipinski definition) is 0. The minimum atomic E-state index is 1.32. The highest BCUT2D eigenvalue weighted by Crippen LogP contribution is 1.92. The van der Waals surface area contributed by atoms with E-state index in [9.17, 15) is 0 Å². The van der Waals surface area contributed by atoms with Crippen molar-refractivity contribution >= 4 is 0 Å². The number of aromatic nitrogens is 1. The van der Waals surface area contributed by atoms with Crippen LogP contribution < -0.4 is 0 Å². The van der Waals surface area contributed by atoms with E-state index in [2.05, 4.69) is 36.2 Å². The predicted molar refractivity (Wildman–Crippen MR) is 64.4 cm³/mol. The van der Waals surface area contributed by atoms with Crippen molar-refractivity contribution < 1.29 is 0 Å². The van der Waals surface area contributed by atoms with Crippen LogP contribution in [0.15, 0.2) is 48.8 Å². The van der Waals surface area contributed by atoms with Gasteiger partial charge in [-0.1, -0.05) is 61.9 Å². The highest BCUT2D eigenvalue weighted by Gasteiger charge is 1.72. The van der Waals surface area contributed by atoms with Crippen molar-refractivity contribution in [2.75, 3.05) is 0 Å². The molecule has 0 radical (unpaired) electrons. The maximum absolute atomic E-state index is 3.70. The average molecular weight is 199 g/mol. The third-order valence-electron chi connectivity index (χ3n) is 1.41. The van der Waals surface area contributed by atoms with Crippen molar-refractivity contribution in [2.24, 2.45) is 0 Å². The third-order valence-corrected chi connectivity index (χ3v) is 1.41. The quantitative estimate of drug-likeness (QED) is 0.630. The molecule has 0 spiro atoms. The molecule has 0 unspecified atom stereocenters. The second-order valence-electron chi connectivity index (χ2n) is 2.54. The van der Waals surface area contributed by atoms with E-state index in [0.29, 0.717) is 0 Å². The summed E-state index contributed by atoms with van der Waals surface area (Å²) >= 11 is 0. The van der Waals surface area contributed by atoms with E-state index in [1.54, 1.807) is 18.5 Å². The summed E-state index contributed by atoms with van der Waals surface area (Å²) in [6.07, 6.45) is 3.23. The molecule has 1 heteroatoms. The van der Waals surface area contributed by atoms with Crippen LogP contribution >= 0.6 is 0 Å². The summed E-state index contributed by atoms with van der Waals surface area (Å²) in [6, 6.07) is 17.3. The van der Waals surface area contributed by atoms with E-state index in [1.165, 1.54) is 5.56 Å². The van der Waals surface area contributed by atoms with Crippen molar-refractivity contribution in [3.63, 3.8) is 0 Å². The van der Waals surface area contributed by atoms with Crippen LogP contribution in [0.1, 0.15) is 19.4 Å². The van der Waals surface area contributed by atoms with Gasteiger partial charge in [-0.15, -0.1) is 0 Å². The second-order valence-corrected chi connectivity index (χ2v) is 2.54. The minimum Gasteiger partial charge on any atom is -0.255 e. The van der Waals surface area contributed by atoms with Gasteiger partial charge in [-0.05, 0) is 6.92 Å². The summed E-state index contributed by atoms with van der Waals surface area (Å²) in [7, 11) is 0. The molecule has 1 nitrogen and oxygen atoms in total. The Hall–Kier alpha value is -1.81. The van der Waals surface area contributed by atoms with E-state index < -0.39 is 0 Å². The van der Waals surface area contributed by atoms with Gasteiger partial charge in [0.15, 0.2) is 0 Å². The Morgan fingerprint density at radius 3 is 1.87 bits per heavy atom. The zero-order chi connectivity index (χ0) is 11.4. The predicted octanol–water partition coefficient (Wildman–Crippen LogP) is 3.70. The van der Waals surface area contributed by atoms with Gasteiger partial charge < -0.3 is 0 Å². The summed E-state index contributed by atoms with van der Waals surface area (Å²) in [5, 5.41) is 0. The zero-order valence-electron chi connectivity index (χ0n) is 9.57. The first-order chi connectivity index (χ1) is 7.39. The highest BCUT2D eigenvalue weighted by atomic mass is 14.6. The van der Waals surface area contributed by atoms with Gasteiger partial charge in [0.05, 0.1) is 6.20 Å². The Bertz CT molecular complexity index is 276. The van der Waals surface area contributed by atoms with Gasteiger partial charge in [0.1, 0.15) is 0 Å². The van der Waals surface area contributed by atoms with Gasteiger partial charge in [-0.25, -0.2) is 0 Å². The number of hydrogen-bond acceptors (Lipinski definition) is 1. The van der Waals surface area contributed by atoms with Crippen LogP contribution in [0.25, 0.3) is 0 Å². The van der Waals surface area contributed by atoms with Gasteiger partial charge in [-0.3, -0.25) is 4.98 Å². The van der Waals surface area contributed by atoms with Crippen molar-refractivity contribution in [3.05, 3.63) is 66.5 Å². The number of rotatable bonds is 0. The standard InChI is InChI=1S/C7H8.C5H3N.C2H6/c1-7-5-3-2-4-6-7;1-2-4-6-5-3-1;1-2/h2-6H,1H3;2,4-5H;1-2H3. The van der Waals surface area contributed by atoms with Crippen LogP contribution in [0.5, 0.6) is 0 Å². The van der Waals surface area contributed by atoms with Crippen LogP contribution in [-0.2, 0) is 0 Å². The first kappa shape index (κ1) is 13.2. The lowest BCUT2D eigenvalue weighted by Crippen LogP contribution is -1.62. The van der Waals surface area contributed by atoms with Crippen LogP contribution in [-0.4, -0.2) is 4.98 Å². The maximum atomic E-state index is 3.70. The van der Waals surface area contributed by atoms with E-state index in [1.807, 2.05) is 32.0 Å². The van der Waals surface area contributed by atoms with Crippen LogP contribution in [0.2, 0.25) is 0 Å². The first-order valence-electron chi connectivity index (χ1n) is 5.09. The molecule has 0 fully saturated rings. The smallest absolute Gasteiger partial charge is 0.0770 e. The van der Waals surface area contributed by atoms with E-state index in [4.69, 9.17) is 0 Å². The first-order valence-corrected chi connectivity index (χ1v) is 5.09. The molecule has 1 aromatic heterocycles. The van der Waals surface area contributed by atoms with Crippen molar-refractivity contribution in [2.45, 2.75) is 20.8 Å². The normalized spacial score (nSPS) is 7.13. The molecule has 0 saturated heterocycles. The summed E-state index contributed by atoms with van der Waals surface area (Å²) in [4.78, 5) is 3.70. The Kier molecular flexibility index (Phi) is 9.03.